The lowest BCUT2D eigenvalue weighted by Gasteiger charge is -2.19. The number of rotatable bonds is 2. The van der Waals surface area contributed by atoms with Crippen molar-refractivity contribution >= 4 is 12.2 Å². The van der Waals surface area contributed by atoms with Gasteiger partial charge in [-0.05, 0) is 46.4 Å². The van der Waals surface area contributed by atoms with E-state index in [-0.39, 0.29) is 22.7 Å². The van der Waals surface area contributed by atoms with Gasteiger partial charge < -0.3 is 15.3 Å². The third-order valence-electron chi connectivity index (χ3n) is 3.27. The maximum Gasteiger partial charge on any atom is 0.157 e. The molecular weight excluding hydrogens is 264 g/mol. The lowest BCUT2D eigenvalue weighted by molar-refractivity contribution is 0.403. The van der Waals surface area contributed by atoms with Gasteiger partial charge in [-0.1, -0.05) is 45.1 Å². The predicted molar refractivity (Wildman–Crippen MR) is 85.5 cm³/mol. The summed E-state index contributed by atoms with van der Waals surface area (Å²) in [4.78, 5) is 0. The van der Waals surface area contributed by atoms with Crippen molar-refractivity contribution in [3.05, 3.63) is 53.1 Å². The average Bonchev–Trinajstić information content (AvgIpc) is 2.38. The van der Waals surface area contributed by atoms with E-state index >= 15 is 0 Å². The van der Waals surface area contributed by atoms with Gasteiger partial charge in [0.05, 0.1) is 0 Å². The molecule has 2 aromatic carbocycles. The Kier molecular flexibility index (Phi) is 3.94. The first-order chi connectivity index (χ1) is 9.75. The van der Waals surface area contributed by atoms with E-state index < -0.39 is 0 Å². The maximum absolute atomic E-state index is 9.83. The molecule has 0 aliphatic carbocycles. The van der Waals surface area contributed by atoms with Crippen LogP contribution in [0.25, 0.3) is 12.2 Å². The second-order valence-corrected chi connectivity index (χ2v) is 6.14. The minimum Gasteiger partial charge on any atom is -0.508 e. The first-order valence-electron chi connectivity index (χ1n) is 6.80. The number of benzene rings is 2. The number of phenols is 3. The van der Waals surface area contributed by atoms with E-state index in [0.29, 0.717) is 0 Å². The number of hydrogen-bond donors (Lipinski definition) is 3. The van der Waals surface area contributed by atoms with Crippen molar-refractivity contribution < 1.29 is 15.3 Å². The molecule has 110 valence electrons. The smallest absolute Gasteiger partial charge is 0.157 e. The van der Waals surface area contributed by atoms with Crippen LogP contribution in [0, 0.1) is 0 Å². The van der Waals surface area contributed by atoms with Crippen molar-refractivity contribution in [1.29, 1.82) is 0 Å². The van der Waals surface area contributed by atoms with Crippen molar-refractivity contribution in [3.63, 3.8) is 0 Å². The van der Waals surface area contributed by atoms with Gasteiger partial charge in [-0.15, -0.1) is 0 Å². The summed E-state index contributed by atoms with van der Waals surface area (Å²) >= 11 is 0. The number of phenolic OH excluding ortho intramolecular Hbond substituents is 3. The van der Waals surface area contributed by atoms with Gasteiger partial charge in [0.1, 0.15) is 5.75 Å². The molecule has 0 aliphatic rings. The van der Waals surface area contributed by atoms with Crippen molar-refractivity contribution in [2.24, 2.45) is 0 Å². The van der Waals surface area contributed by atoms with E-state index in [9.17, 15) is 15.3 Å². The Bertz CT molecular complexity index is 679. The fourth-order valence-electron chi connectivity index (χ4n) is 2.00. The van der Waals surface area contributed by atoms with Gasteiger partial charge >= 0.3 is 0 Å². The first-order valence-corrected chi connectivity index (χ1v) is 6.80. The maximum atomic E-state index is 9.83. The lowest BCUT2D eigenvalue weighted by Crippen LogP contribution is -2.10. The molecule has 0 saturated heterocycles. The molecule has 0 bridgehead atoms. The summed E-state index contributed by atoms with van der Waals surface area (Å²) < 4.78 is 0. The van der Waals surface area contributed by atoms with Crippen LogP contribution in [0.2, 0.25) is 0 Å². The number of aromatic hydroxyl groups is 3. The number of hydrogen-bond acceptors (Lipinski definition) is 3. The minimum atomic E-state index is -0.150. The highest BCUT2D eigenvalue weighted by Crippen LogP contribution is 2.29. The Balaban J connectivity index is 2.32. The van der Waals surface area contributed by atoms with Gasteiger partial charge in [0, 0.05) is 0 Å². The first kappa shape index (κ1) is 15.0. The summed E-state index contributed by atoms with van der Waals surface area (Å²) in [5, 5.41) is 28.6. The van der Waals surface area contributed by atoms with Crippen LogP contribution < -0.4 is 0 Å². The minimum absolute atomic E-state index is 0.0435. The molecule has 3 N–H and O–H groups in total. The van der Waals surface area contributed by atoms with E-state index in [1.54, 1.807) is 18.2 Å². The van der Waals surface area contributed by atoms with Crippen LogP contribution in [0.15, 0.2) is 36.4 Å². The van der Waals surface area contributed by atoms with Gasteiger partial charge in [-0.2, -0.15) is 0 Å². The molecule has 0 heterocycles. The van der Waals surface area contributed by atoms with Crippen molar-refractivity contribution in [1.82, 2.24) is 0 Å². The van der Waals surface area contributed by atoms with Gasteiger partial charge in [0.2, 0.25) is 0 Å². The van der Waals surface area contributed by atoms with Gasteiger partial charge in [-0.25, -0.2) is 0 Å². The van der Waals surface area contributed by atoms with Crippen LogP contribution in [0.3, 0.4) is 0 Å². The molecule has 0 saturated carbocycles. The monoisotopic (exact) mass is 284 g/mol. The Labute approximate surface area is 124 Å². The molecule has 0 spiro atoms. The molecule has 3 nitrogen and oxygen atoms in total. The van der Waals surface area contributed by atoms with E-state index in [0.717, 1.165) is 16.7 Å². The molecule has 0 amide bonds. The van der Waals surface area contributed by atoms with Crippen LogP contribution in [0.5, 0.6) is 17.2 Å². The fourth-order valence-corrected chi connectivity index (χ4v) is 2.00. The van der Waals surface area contributed by atoms with Crippen LogP contribution >= 0.6 is 0 Å². The molecule has 0 fully saturated rings. The summed E-state index contributed by atoms with van der Waals surface area (Å²) in [5.74, 6) is -0.0569. The molecule has 0 atom stereocenters. The molecule has 0 aromatic heterocycles. The predicted octanol–water partition coefficient (Wildman–Crippen LogP) is 4.27. The van der Waals surface area contributed by atoms with E-state index in [1.807, 2.05) is 18.2 Å². The molecule has 0 aliphatic heterocycles. The Morgan fingerprint density at radius 3 is 2.05 bits per heavy atom. The Morgan fingerprint density at radius 2 is 1.43 bits per heavy atom. The second-order valence-electron chi connectivity index (χ2n) is 6.14. The van der Waals surface area contributed by atoms with Gasteiger partial charge in [0.15, 0.2) is 11.5 Å². The molecular formula is C18H20O3. The summed E-state index contributed by atoms with van der Waals surface area (Å²) in [6.45, 7) is 6.27. The van der Waals surface area contributed by atoms with Crippen LogP contribution in [0.1, 0.15) is 37.5 Å². The topological polar surface area (TPSA) is 60.7 Å². The third kappa shape index (κ3) is 3.78. The molecule has 0 radical (unpaired) electrons. The molecule has 2 aromatic rings. The van der Waals surface area contributed by atoms with Crippen LogP contribution in [-0.4, -0.2) is 15.3 Å². The highest BCUT2D eigenvalue weighted by molar-refractivity contribution is 5.71. The zero-order valence-corrected chi connectivity index (χ0v) is 12.5. The zero-order valence-electron chi connectivity index (χ0n) is 12.5. The van der Waals surface area contributed by atoms with E-state index in [2.05, 4.69) is 20.8 Å². The fraction of sp³-hybridized carbons (Fsp3) is 0.222. The quantitative estimate of drug-likeness (QED) is 0.570. The second kappa shape index (κ2) is 5.52. The molecule has 0 unspecified atom stereocenters. The van der Waals surface area contributed by atoms with Crippen molar-refractivity contribution in [2.75, 3.05) is 0 Å². The Morgan fingerprint density at radius 1 is 0.762 bits per heavy atom. The highest BCUT2D eigenvalue weighted by Gasteiger charge is 2.14. The van der Waals surface area contributed by atoms with Crippen LogP contribution in [-0.2, 0) is 5.41 Å². The molecule has 3 heteroatoms. The third-order valence-corrected chi connectivity index (χ3v) is 3.27. The van der Waals surface area contributed by atoms with E-state index in [1.165, 1.54) is 12.1 Å². The summed E-state index contributed by atoms with van der Waals surface area (Å²) in [7, 11) is 0. The molecule has 21 heavy (non-hydrogen) atoms. The zero-order chi connectivity index (χ0) is 15.6. The van der Waals surface area contributed by atoms with Gasteiger partial charge in [-0.3, -0.25) is 0 Å². The van der Waals surface area contributed by atoms with Crippen LogP contribution in [0.4, 0.5) is 0 Å². The summed E-state index contributed by atoms with van der Waals surface area (Å²) in [5.41, 5.74) is 2.66. The summed E-state index contributed by atoms with van der Waals surface area (Å²) in [6, 6.07) is 10.1. The normalized spacial score (nSPS) is 12.0. The average molecular weight is 284 g/mol. The van der Waals surface area contributed by atoms with Crippen molar-refractivity contribution in [2.45, 2.75) is 26.2 Å². The Hall–Kier alpha value is -2.42. The van der Waals surface area contributed by atoms with Crippen molar-refractivity contribution in [3.8, 4) is 17.2 Å². The van der Waals surface area contributed by atoms with Gasteiger partial charge in [0.25, 0.3) is 0 Å². The molecule has 2 rings (SSSR count). The SMILES string of the molecule is CC(C)(C)c1cc(O)cc(/C=C/c2ccc(O)c(O)c2)c1. The largest absolute Gasteiger partial charge is 0.508 e. The summed E-state index contributed by atoms with van der Waals surface area (Å²) in [6.07, 6.45) is 3.68. The lowest BCUT2D eigenvalue weighted by atomic mass is 9.86. The standard InChI is InChI=1S/C18H20O3/c1-18(2,3)14-8-13(9-15(19)11-14)5-4-12-6-7-16(20)17(21)10-12/h4-11,19-21H,1-3H3/b5-4+. The van der Waals surface area contributed by atoms with E-state index in [4.69, 9.17) is 0 Å². The highest BCUT2D eigenvalue weighted by atomic mass is 16.3.